The van der Waals surface area contributed by atoms with Crippen molar-refractivity contribution in [2.24, 2.45) is 10.7 Å². The maximum Gasteiger partial charge on any atom is 0.283 e. The van der Waals surface area contributed by atoms with Crippen LogP contribution in [0.2, 0.25) is 0 Å². The molecule has 132 valence electrons. The van der Waals surface area contributed by atoms with E-state index in [1.165, 1.54) is 31.2 Å². The molecule has 0 bridgehead atoms. The molecule has 2 atom stereocenters. The summed E-state index contributed by atoms with van der Waals surface area (Å²) >= 11 is 0. The van der Waals surface area contributed by atoms with Crippen molar-refractivity contribution in [3.63, 3.8) is 0 Å². The molecule has 0 radical (unpaired) electrons. The molecule has 0 aliphatic carbocycles. The lowest BCUT2D eigenvalue weighted by Crippen LogP contribution is -2.43. The standard InChI is InChI=1S/C18H18F3N3O/c1-18(16(21)10-25-17(22)24-18)13-8-12(6-7-15(13)20)23-9-11-4-2-3-5-14(11)19/h2-8,16,23H,9-10H2,1H3,(H2,22,24). The number of halogens is 3. The van der Waals surface area contributed by atoms with Gasteiger partial charge in [0.2, 0.25) is 0 Å². The molecule has 1 heterocycles. The maximum absolute atomic E-state index is 14.4. The summed E-state index contributed by atoms with van der Waals surface area (Å²) < 4.78 is 47.3. The smallest absolute Gasteiger partial charge is 0.283 e. The first-order valence-electron chi connectivity index (χ1n) is 7.79. The summed E-state index contributed by atoms with van der Waals surface area (Å²) in [6.07, 6.45) is -1.55. The van der Waals surface area contributed by atoms with Gasteiger partial charge in [0, 0.05) is 23.4 Å². The second-order valence-corrected chi connectivity index (χ2v) is 6.02. The van der Waals surface area contributed by atoms with Gasteiger partial charge in [-0.3, -0.25) is 0 Å². The molecule has 2 aromatic rings. The molecule has 0 saturated carbocycles. The number of rotatable bonds is 4. The Morgan fingerprint density at radius 3 is 2.76 bits per heavy atom. The average molecular weight is 349 g/mol. The van der Waals surface area contributed by atoms with E-state index in [0.717, 1.165) is 0 Å². The lowest BCUT2D eigenvalue weighted by molar-refractivity contribution is 0.0923. The summed E-state index contributed by atoms with van der Waals surface area (Å²) in [4.78, 5) is 3.97. The summed E-state index contributed by atoms with van der Waals surface area (Å²) in [5.74, 6) is -0.935. The van der Waals surface area contributed by atoms with E-state index in [1.807, 2.05) is 0 Å². The van der Waals surface area contributed by atoms with Gasteiger partial charge in [0.05, 0.1) is 0 Å². The van der Waals surface area contributed by atoms with Crippen molar-refractivity contribution in [3.05, 3.63) is 65.2 Å². The first-order chi connectivity index (χ1) is 11.9. The molecule has 3 rings (SSSR count). The number of amidine groups is 1. The van der Waals surface area contributed by atoms with Crippen molar-refractivity contribution in [1.82, 2.24) is 0 Å². The fourth-order valence-electron chi connectivity index (χ4n) is 2.74. The Bertz CT molecular complexity index is 812. The summed E-state index contributed by atoms with van der Waals surface area (Å²) in [7, 11) is 0. The van der Waals surface area contributed by atoms with E-state index in [9.17, 15) is 13.2 Å². The first kappa shape index (κ1) is 17.1. The summed E-state index contributed by atoms with van der Waals surface area (Å²) in [6, 6.07) is 10.3. The van der Waals surface area contributed by atoms with Crippen molar-refractivity contribution in [2.75, 3.05) is 11.9 Å². The molecular weight excluding hydrogens is 331 g/mol. The van der Waals surface area contributed by atoms with Crippen LogP contribution in [0.25, 0.3) is 0 Å². The fourth-order valence-corrected chi connectivity index (χ4v) is 2.74. The average Bonchev–Trinajstić information content (AvgIpc) is 2.59. The highest BCUT2D eigenvalue weighted by Gasteiger charge is 2.42. The van der Waals surface area contributed by atoms with Gasteiger partial charge in [-0.2, -0.15) is 0 Å². The number of ether oxygens (including phenoxy) is 1. The van der Waals surface area contributed by atoms with Crippen LogP contribution in [0.15, 0.2) is 47.5 Å². The zero-order valence-electron chi connectivity index (χ0n) is 13.6. The van der Waals surface area contributed by atoms with E-state index in [4.69, 9.17) is 10.5 Å². The van der Waals surface area contributed by atoms with Crippen LogP contribution in [-0.4, -0.2) is 18.8 Å². The summed E-state index contributed by atoms with van der Waals surface area (Å²) in [5, 5.41) is 3.01. The Labute approximate surface area is 143 Å². The highest BCUT2D eigenvalue weighted by molar-refractivity contribution is 5.73. The van der Waals surface area contributed by atoms with Crippen LogP contribution in [0.4, 0.5) is 18.9 Å². The number of aliphatic imine (C=N–C) groups is 1. The number of hydrogen-bond acceptors (Lipinski definition) is 4. The van der Waals surface area contributed by atoms with Crippen LogP contribution >= 0.6 is 0 Å². The largest absolute Gasteiger partial charge is 0.462 e. The predicted octanol–water partition coefficient (Wildman–Crippen LogP) is 3.48. The summed E-state index contributed by atoms with van der Waals surface area (Å²) in [6.45, 7) is 1.38. The Balaban J connectivity index is 1.88. The van der Waals surface area contributed by atoms with E-state index in [-0.39, 0.29) is 30.6 Å². The molecule has 0 aromatic heterocycles. The maximum atomic E-state index is 14.4. The number of benzene rings is 2. The van der Waals surface area contributed by atoms with Crippen molar-refractivity contribution in [1.29, 1.82) is 0 Å². The summed E-state index contributed by atoms with van der Waals surface area (Å²) in [5.41, 5.74) is 5.10. The lowest BCUT2D eigenvalue weighted by Gasteiger charge is -2.33. The molecule has 2 aromatic carbocycles. The molecule has 0 fully saturated rings. The second-order valence-electron chi connectivity index (χ2n) is 6.02. The minimum Gasteiger partial charge on any atom is -0.462 e. The first-order valence-corrected chi connectivity index (χ1v) is 7.79. The SMILES string of the molecule is CC1(c2cc(NCc3ccccc3F)ccc2F)N=C(N)OCC1F. The van der Waals surface area contributed by atoms with E-state index in [0.29, 0.717) is 11.3 Å². The van der Waals surface area contributed by atoms with Crippen LogP contribution in [0, 0.1) is 11.6 Å². The van der Waals surface area contributed by atoms with Gasteiger partial charge in [-0.15, -0.1) is 0 Å². The van der Waals surface area contributed by atoms with Gasteiger partial charge in [-0.25, -0.2) is 18.2 Å². The van der Waals surface area contributed by atoms with Gasteiger partial charge in [0.1, 0.15) is 23.8 Å². The third kappa shape index (κ3) is 3.40. The number of hydrogen-bond donors (Lipinski definition) is 2. The van der Waals surface area contributed by atoms with Gasteiger partial charge < -0.3 is 15.8 Å². The Morgan fingerprint density at radius 2 is 2.00 bits per heavy atom. The minimum absolute atomic E-state index is 0.0600. The van der Waals surface area contributed by atoms with E-state index in [1.54, 1.807) is 18.2 Å². The number of alkyl halides is 1. The monoisotopic (exact) mass is 349 g/mol. The quantitative estimate of drug-likeness (QED) is 0.888. The van der Waals surface area contributed by atoms with Crippen LogP contribution in [-0.2, 0) is 16.8 Å². The van der Waals surface area contributed by atoms with Crippen molar-refractivity contribution in [3.8, 4) is 0 Å². The highest BCUT2D eigenvalue weighted by Crippen LogP contribution is 2.37. The van der Waals surface area contributed by atoms with Crippen LogP contribution < -0.4 is 11.1 Å². The van der Waals surface area contributed by atoms with E-state index < -0.39 is 17.5 Å². The number of anilines is 1. The van der Waals surface area contributed by atoms with Crippen LogP contribution in [0.5, 0.6) is 0 Å². The molecule has 0 amide bonds. The second kappa shape index (κ2) is 6.66. The number of nitrogens with one attached hydrogen (secondary N) is 1. The van der Waals surface area contributed by atoms with Gasteiger partial charge in [-0.05, 0) is 31.2 Å². The predicted molar refractivity (Wildman–Crippen MR) is 89.9 cm³/mol. The van der Waals surface area contributed by atoms with Crippen LogP contribution in [0.3, 0.4) is 0 Å². The lowest BCUT2D eigenvalue weighted by atomic mass is 9.86. The molecule has 7 heteroatoms. The van der Waals surface area contributed by atoms with Gasteiger partial charge in [-0.1, -0.05) is 18.2 Å². The molecular formula is C18H18F3N3O. The Hall–Kier alpha value is -2.70. The molecule has 2 unspecified atom stereocenters. The third-order valence-electron chi connectivity index (χ3n) is 4.28. The van der Waals surface area contributed by atoms with Crippen molar-refractivity contribution in [2.45, 2.75) is 25.2 Å². The van der Waals surface area contributed by atoms with E-state index in [2.05, 4.69) is 10.3 Å². The zero-order valence-corrected chi connectivity index (χ0v) is 13.6. The molecule has 0 saturated heterocycles. The highest BCUT2D eigenvalue weighted by atomic mass is 19.1. The van der Waals surface area contributed by atoms with Crippen LogP contribution in [0.1, 0.15) is 18.1 Å². The Morgan fingerprint density at radius 1 is 1.24 bits per heavy atom. The zero-order chi connectivity index (χ0) is 18.0. The topological polar surface area (TPSA) is 59.6 Å². The molecule has 4 nitrogen and oxygen atoms in total. The molecule has 1 aliphatic rings. The third-order valence-corrected chi connectivity index (χ3v) is 4.28. The van der Waals surface area contributed by atoms with Crippen molar-refractivity contribution >= 4 is 11.7 Å². The number of nitrogens with two attached hydrogens (primary N) is 1. The molecule has 1 aliphatic heterocycles. The van der Waals surface area contributed by atoms with Gasteiger partial charge >= 0.3 is 0 Å². The van der Waals surface area contributed by atoms with Crippen molar-refractivity contribution < 1.29 is 17.9 Å². The molecule has 3 N–H and O–H groups in total. The molecule has 25 heavy (non-hydrogen) atoms. The molecule has 0 spiro atoms. The Kier molecular flexibility index (Phi) is 4.57. The number of nitrogens with zero attached hydrogens (tertiary/aromatic N) is 1. The van der Waals surface area contributed by atoms with Gasteiger partial charge in [0.15, 0.2) is 6.17 Å². The normalized spacial score (nSPS) is 22.9. The fraction of sp³-hybridized carbons (Fsp3) is 0.278. The van der Waals surface area contributed by atoms with E-state index >= 15 is 0 Å². The minimum atomic E-state index is -1.55. The van der Waals surface area contributed by atoms with Gasteiger partial charge in [0.25, 0.3) is 6.02 Å².